The zero-order valence-corrected chi connectivity index (χ0v) is 9.65. The van der Waals surface area contributed by atoms with Crippen molar-refractivity contribution in [2.75, 3.05) is 5.32 Å². The van der Waals surface area contributed by atoms with Gasteiger partial charge in [0, 0.05) is 17.8 Å². The Labute approximate surface area is 99.0 Å². The highest BCUT2D eigenvalue weighted by Crippen LogP contribution is 2.29. The van der Waals surface area contributed by atoms with E-state index in [2.05, 4.69) is 12.2 Å². The maximum atomic E-state index is 13.2. The van der Waals surface area contributed by atoms with Crippen molar-refractivity contribution in [1.29, 1.82) is 0 Å². The Bertz CT molecular complexity index is 437. The van der Waals surface area contributed by atoms with E-state index in [1.165, 1.54) is 12.1 Å². The third-order valence-corrected chi connectivity index (χ3v) is 3.31. The summed E-state index contributed by atoms with van der Waals surface area (Å²) < 4.78 is 13.2. The summed E-state index contributed by atoms with van der Waals surface area (Å²) in [4.78, 5) is 10.0. The Hall–Kier alpha value is -1.65. The van der Waals surface area contributed by atoms with Crippen LogP contribution in [-0.4, -0.2) is 11.0 Å². The molecule has 2 unspecified atom stereocenters. The fourth-order valence-corrected chi connectivity index (χ4v) is 2.34. The minimum Gasteiger partial charge on any atom is -0.382 e. The summed E-state index contributed by atoms with van der Waals surface area (Å²) in [6.45, 7) is 2.14. The molecule has 17 heavy (non-hydrogen) atoms. The second-order valence-corrected chi connectivity index (χ2v) is 4.61. The van der Waals surface area contributed by atoms with Gasteiger partial charge in [0.2, 0.25) is 0 Å². The number of nitrogens with zero attached hydrogens (tertiary/aromatic N) is 1. The van der Waals surface area contributed by atoms with E-state index in [1.54, 1.807) is 0 Å². The normalized spacial score (nSPS) is 23.6. The summed E-state index contributed by atoms with van der Waals surface area (Å²) in [5.41, 5.74) is 0.286. The first kappa shape index (κ1) is 11.8. The number of non-ortho nitro benzene ring substituents is 1. The summed E-state index contributed by atoms with van der Waals surface area (Å²) in [5.74, 6) is -0.0512. The highest BCUT2D eigenvalue weighted by molar-refractivity contribution is 5.52. The van der Waals surface area contributed by atoms with Crippen LogP contribution in [0.1, 0.15) is 26.2 Å². The van der Waals surface area contributed by atoms with Gasteiger partial charge in [0.1, 0.15) is 5.82 Å². The molecule has 1 fully saturated rings. The van der Waals surface area contributed by atoms with E-state index in [0.717, 1.165) is 25.3 Å². The molecule has 1 N–H and O–H groups in total. The highest BCUT2D eigenvalue weighted by Gasteiger charge is 2.23. The molecule has 1 aliphatic rings. The molecule has 4 nitrogen and oxygen atoms in total. The fraction of sp³-hybridized carbons (Fsp3) is 0.500. The predicted octanol–water partition coefficient (Wildman–Crippen LogP) is 3.33. The van der Waals surface area contributed by atoms with Gasteiger partial charge in [-0.15, -0.1) is 0 Å². The van der Waals surface area contributed by atoms with Crippen molar-refractivity contribution in [3.63, 3.8) is 0 Å². The van der Waals surface area contributed by atoms with Crippen molar-refractivity contribution in [3.05, 3.63) is 34.1 Å². The van der Waals surface area contributed by atoms with Crippen LogP contribution in [0.15, 0.2) is 18.2 Å². The van der Waals surface area contributed by atoms with Crippen LogP contribution in [0.3, 0.4) is 0 Å². The maximum absolute atomic E-state index is 13.2. The summed E-state index contributed by atoms with van der Waals surface area (Å²) >= 11 is 0. The molecule has 2 atom stereocenters. The van der Waals surface area contributed by atoms with E-state index in [0.29, 0.717) is 11.6 Å². The maximum Gasteiger partial charge on any atom is 0.274 e. The van der Waals surface area contributed by atoms with Crippen LogP contribution in [0.2, 0.25) is 0 Å². The Morgan fingerprint density at radius 2 is 2.18 bits per heavy atom. The van der Waals surface area contributed by atoms with E-state index < -0.39 is 10.7 Å². The van der Waals surface area contributed by atoms with Gasteiger partial charge in [0.15, 0.2) is 0 Å². The molecular formula is C12H15FN2O2. The van der Waals surface area contributed by atoms with Crippen LogP contribution >= 0.6 is 0 Å². The van der Waals surface area contributed by atoms with Gasteiger partial charge >= 0.3 is 0 Å². The van der Waals surface area contributed by atoms with Crippen molar-refractivity contribution in [2.45, 2.75) is 32.2 Å². The van der Waals surface area contributed by atoms with E-state index in [1.807, 2.05) is 0 Å². The van der Waals surface area contributed by atoms with Gasteiger partial charge in [0.25, 0.3) is 5.69 Å². The third-order valence-electron chi connectivity index (χ3n) is 3.31. The van der Waals surface area contributed by atoms with Crippen LogP contribution < -0.4 is 5.32 Å². The van der Waals surface area contributed by atoms with Crippen LogP contribution in [0.4, 0.5) is 15.8 Å². The Morgan fingerprint density at radius 3 is 2.76 bits per heavy atom. The molecule has 1 aromatic carbocycles. The molecule has 1 saturated carbocycles. The third kappa shape index (κ3) is 2.72. The monoisotopic (exact) mass is 238 g/mol. The Morgan fingerprint density at radius 1 is 1.41 bits per heavy atom. The number of rotatable bonds is 3. The lowest BCUT2D eigenvalue weighted by atomic mass is 10.1. The molecule has 0 aliphatic heterocycles. The summed E-state index contributed by atoms with van der Waals surface area (Å²) in [6, 6.07) is 3.91. The lowest BCUT2D eigenvalue weighted by molar-refractivity contribution is -0.385. The average molecular weight is 238 g/mol. The molecule has 0 spiro atoms. The molecule has 0 amide bonds. The second kappa shape index (κ2) is 4.69. The van der Waals surface area contributed by atoms with Gasteiger partial charge in [0.05, 0.1) is 11.0 Å². The van der Waals surface area contributed by atoms with Crippen molar-refractivity contribution in [3.8, 4) is 0 Å². The first-order valence-electron chi connectivity index (χ1n) is 5.78. The molecule has 5 heteroatoms. The molecule has 0 aromatic heterocycles. The molecule has 92 valence electrons. The lowest BCUT2D eigenvalue weighted by Gasteiger charge is -2.18. The molecule has 0 saturated heterocycles. The minimum absolute atomic E-state index is 0.210. The molecule has 0 bridgehead atoms. The highest BCUT2D eigenvalue weighted by atomic mass is 19.1. The topological polar surface area (TPSA) is 55.2 Å². The molecular weight excluding hydrogens is 223 g/mol. The lowest BCUT2D eigenvalue weighted by Crippen LogP contribution is -2.21. The van der Waals surface area contributed by atoms with Crippen LogP contribution in [0.5, 0.6) is 0 Å². The van der Waals surface area contributed by atoms with Gasteiger partial charge in [-0.25, -0.2) is 4.39 Å². The molecule has 1 aliphatic carbocycles. The Kier molecular flexibility index (Phi) is 3.26. The number of halogens is 1. The minimum atomic E-state index is -0.577. The zero-order valence-electron chi connectivity index (χ0n) is 9.65. The SMILES string of the molecule is CC1CCCC1Nc1cc(F)cc([N+](=O)[O-])c1. The van der Waals surface area contributed by atoms with Crippen LogP contribution in [0.25, 0.3) is 0 Å². The number of hydrogen-bond acceptors (Lipinski definition) is 3. The number of nitro benzene ring substituents is 1. The van der Waals surface area contributed by atoms with Gasteiger partial charge in [-0.1, -0.05) is 13.3 Å². The molecule has 0 radical (unpaired) electrons. The number of nitro groups is 1. The van der Waals surface area contributed by atoms with E-state index in [9.17, 15) is 14.5 Å². The van der Waals surface area contributed by atoms with E-state index in [4.69, 9.17) is 0 Å². The molecule has 0 heterocycles. The standard InChI is InChI=1S/C12H15FN2O2/c1-8-3-2-4-12(8)14-10-5-9(13)6-11(7-10)15(16)17/h5-8,12,14H,2-4H2,1H3. The van der Waals surface area contributed by atoms with Gasteiger partial charge in [-0.2, -0.15) is 0 Å². The van der Waals surface area contributed by atoms with Crippen molar-refractivity contribution in [1.82, 2.24) is 0 Å². The number of nitrogens with one attached hydrogen (secondary N) is 1. The average Bonchev–Trinajstić information content (AvgIpc) is 2.63. The second-order valence-electron chi connectivity index (χ2n) is 4.61. The first-order valence-corrected chi connectivity index (χ1v) is 5.78. The van der Waals surface area contributed by atoms with Gasteiger partial charge in [-0.3, -0.25) is 10.1 Å². The van der Waals surface area contributed by atoms with Gasteiger partial charge < -0.3 is 5.32 Å². The summed E-state index contributed by atoms with van der Waals surface area (Å²) in [5, 5.41) is 13.8. The molecule has 2 rings (SSSR count). The van der Waals surface area contributed by atoms with Crippen LogP contribution in [0, 0.1) is 21.8 Å². The fourth-order valence-electron chi connectivity index (χ4n) is 2.34. The van der Waals surface area contributed by atoms with Crippen LogP contribution in [-0.2, 0) is 0 Å². The van der Waals surface area contributed by atoms with Gasteiger partial charge in [-0.05, 0) is 24.8 Å². The summed E-state index contributed by atoms with van der Waals surface area (Å²) in [6.07, 6.45) is 3.33. The smallest absolute Gasteiger partial charge is 0.274 e. The van der Waals surface area contributed by atoms with Crippen molar-refractivity contribution in [2.24, 2.45) is 5.92 Å². The Balaban J connectivity index is 2.17. The summed E-state index contributed by atoms with van der Waals surface area (Å²) in [7, 11) is 0. The largest absolute Gasteiger partial charge is 0.382 e. The number of anilines is 1. The van der Waals surface area contributed by atoms with Crippen molar-refractivity contribution < 1.29 is 9.31 Å². The van der Waals surface area contributed by atoms with E-state index in [-0.39, 0.29) is 11.7 Å². The first-order chi connectivity index (χ1) is 8.06. The predicted molar refractivity (Wildman–Crippen MR) is 63.5 cm³/mol. The van der Waals surface area contributed by atoms with Crippen molar-refractivity contribution >= 4 is 11.4 Å². The van der Waals surface area contributed by atoms with E-state index >= 15 is 0 Å². The molecule has 1 aromatic rings. The number of hydrogen-bond donors (Lipinski definition) is 1. The zero-order chi connectivity index (χ0) is 12.4. The quantitative estimate of drug-likeness (QED) is 0.649. The number of benzene rings is 1.